The van der Waals surface area contributed by atoms with Gasteiger partial charge in [0.15, 0.2) is 0 Å². The van der Waals surface area contributed by atoms with Gasteiger partial charge in [-0.3, -0.25) is 4.90 Å². The summed E-state index contributed by atoms with van der Waals surface area (Å²) in [5.41, 5.74) is 6.77. The van der Waals surface area contributed by atoms with Crippen molar-refractivity contribution in [3.05, 3.63) is 35.9 Å². The molecule has 0 aromatic heterocycles. The fourth-order valence-electron chi connectivity index (χ4n) is 4.19. The Bertz CT molecular complexity index is 442. The molecule has 3 heteroatoms. The van der Waals surface area contributed by atoms with E-state index >= 15 is 0 Å². The van der Waals surface area contributed by atoms with E-state index in [0.29, 0.717) is 6.54 Å². The Kier molecular flexibility index (Phi) is 3.85. The minimum Gasteiger partial charge on any atom is -0.388 e. The van der Waals surface area contributed by atoms with Crippen LogP contribution in [0.3, 0.4) is 0 Å². The van der Waals surface area contributed by atoms with E-state index in [1.54, 1.807) is 0 Å². The average molecular weight is 274 g/mol. The topological polar surface area (TPSA) is 49.5 Å². The zero-order valence-corrected chi connectivity index (χ0v) is 12.2. The highest BCUT2D eigenvalue weighted by atomic mass is 16.3. The molecule has 0 amide bonds. The van der Waals surface area contributed by atoms with E-state index in [4.69, 9.17) is 5.73 Å². The van der Waals surface area contributed by atoms with Crippen molar-refractivity contribution in [2.45, 2.75) is 44.2 Å². The molecule has 3 N–H and O–H groups in total. The second kappa shape index (κ2) is 5.47. The van der Waals surface area contributed by atoms with Crippen LogP contribution in [0.4, 0.5) is 0 Å². The molecule has 1 aliphatic carbocycles. The third-order valence-electron chi connectivity index (χ3n) is 5.51. The van der Waals surface area contributed by atoms with Crippen LogP contribution in [0.15, 0.2) is 30.3 Å². The summed E-state index contributed by atoms with van der Waals surface area (Å²) in [6.07, 6.45) is 5.51. The van der Waals surface area contributed by atoms with Gasteiger partial charge in [-0.2, -0.15) is 0 Å². The monoisotopic (exact) mass is 274 g/mol. The zero-order chi connectivity index (χ0) is 14.1. The minimum absolute atomic E-state index is 0.0293. The second-order valence-electron chi connectivity index (χ2n) is 6.67. The number of hydrogen-bond donors (Lipinski definition) is 2. The van der Waals surface area contributed by atoms with Gasteiger partial charge in [0, 0.05) is 31.6 Å². The summed E-state index contributed by atoms with van der Waals surface area (Å²) < 4.78 is 0. The fraction of sp³-hybridized carbons (Fsp3) is 0.647. The molecule has 3 nitrogen and oxygen atoms in total. The summed E-state index contributed by atoms with van der Waals surface area (Å²) in [7, 11) is 0. The lowest BCUT2D eigenvalue weighted by Crippen LogP contribution is -2.52. The predicted molar refractivity (Wildman–Crippen MR) is 81.2 cm³/mol. The SMILES string of the molecule is NCC1(C2(O)CCN(Cc3ccccc3)C2)CCCC1. The van der Waals surface area contributed by atoms with Crippen LogP contribution in [-0.2, 0) is 6.54 Å². The lowest BCUT2D eigenvalue weighted by Gasteiger charge is -2.42. The van der Waals surface area contributed by atoms with Gasteiger partial charge < -0.3 is 10.8 Å². The molecule has 1 aromatic rings. The van der Waals surface area contributed by atoms with Crippen LogP contribution in [0, 0.1) is 5.41 Å². The predicted octanol–water partition coefficient (Wildman–Crippen LogP) is 2.14. The van der Waals surface area contributed by atoms with Gasteiger partial charge in [0.05, 0.1) is 5.60 Å². The van der Waals surface area contributed by atoms with E-state index in [1.807, 2.05) is 6.07 Å². The number of nitrogens with zero attached hydrogens (tertiary/aromatic N) is 1. The highest BCUT2D eigenvalue weighted by molar-refractivity contribution is 5.15. The number of hydrogen-bond acceptors (Lipinski definition) is 3. The number of benzene rings is 1. The molecule has 2 fully saturated rings. The van der Waals surface area contributed by atoms with Crippen LogP contribution in [0.5, 0.6) is 0 Å². The number of rotatable bonds is 4. The first-order valence-electron chi connectivity index (χ1n) is 7.86. The van der Waals surface area contributed by atoms with Crippen molar-refractivity contribution < 1.29 is 5.11 Å². The molecule has 1 saturated heterocycles. The standard InChI is InChI=1S/C17H26N2O/c18-13-16(8-4-5-9-16)17(20)10-11-19(14-17)12-15-6-2-1-3-7-15/h1-3,6-7,20H,4-5,8-14,18H2. The molecule has 20 heavy (non-hydrogen) atoms. The molecule has 0 radical (unpaired) electrons. The summed E-state index contributed by atoms with van der Waals surface area (Å²) in [6.45, 7) is 3.32. The van der Waals surface area contributed by atoms with Crippen molar-refractivity contribution in [2.75, 3.05) is 19.6 Å². The van der Waals surface area contributed by atoms with Gasteiger partial charge in [-0.25, -0.2) is 0 Å². The molecule has 110 valence electrons. The van der Waals surface area contributed by atoms with Crippen LogP contribution in [0.1, 0.15) is 37.7 Å². The van der Waals surface area contributed by atoms with Gasteiger partial charge in [0.2, 0.25) is 0 Å². The maximum atomic E-state index is 11.2. The third-order valence-corrected chi connectivity index (χ3v) is 5.51. The first-order valence-corrected chi connectivity index (χ1v) is 7.86. The Balaban J connectivity index is 1.69. The lowest BCUT2D eigenvalue weighted by atomic mass is 9.69. The van der Waals surface area contributed by atoms with Gasteiger partial charge in [0.25, 0.3) is 0 Å². The van der Waals surface area contributed by atoms with Crippen molar-refractivity contribution in [3.8, 4) is 0 Å². The lowest BCUT2D eigenvalue weighted by molar-refractivity contribution is -0.0691. The van der Waals surface area contributed by atoms with Crippen LogP contribution in [0.25, 0.3) is 0 Å². The molecule has 1 atom stereocenters. The summed E-state index contributed by atoms with van der Waals surface area (Å²) in [5, 5.41) is 11.2. The number of β-amino-alcohol motifs (C(OH)–C–C–N with tert-alkyl or cyclic N) is 1. The summed E-state index contributed by atoms with van der Waals surface area (Å²) in [4.78, 5) is 2.38. The molecule has 1 aromatic carbocycles. The normalized spacial score (nSPS) is 29.9. The Morgan fingerprint density at radius 2 is 1.80 bits per heavy atom. The highest BCUT2D eigenvalue weighted by Gasteiger charge is 2.53. The molecular weight excluding hydrogens is 248 g/mol. The Labute approximate surface area is 121 Å². The smallest absolute Gasteiger partial charge is 0.0854 e. The van der Waals surface area contributed by atoms with E-state index in [1.165, 1.54) is 18.4 Å². The highest BCUT2D eigenvalue weighted by Crippen LogP contribution is 2.49. The Morgan fingerprint density at radius 3 is 2.45 bits per heavy atom. The maximum absolute atomic E-state index is 11.2. The summed E-state index contributed by atoms with van der Waals surface area (Å²) in [6, 6.07) is 10.5. The largest absolute Gasteiger partial charge is 0.388 e. The van der Waals surface area contributed by atoms with E-state index in [-0.39, 0.29) is 5.41 Å². The molecular formula is C17H26N2O. The fourth-order valence-corrected chi connectivity index (χ4v) is 4.19. The summed E-state index contributed by atoms with van der Waals surface area (Å²) >= 11 is 0. The molecule has 2 aliphatic rings. The van der Waals surface area contributed by atoms with Gasteiger partial charge in [0.1, 0.15) is 0 Å². The minimum atomic E-state index is -0.576. The molecule has 0 bridgehead atoms. The van der Waals surface area contributed by atoms with Crippen molar-refractivity contribution in [1.29, 1.82) is 0 Å². The van der Waals surface area contributed by atoms with Crippen LogP contribution in [-0.4, -0.2) is 35.2 Å². The molecule has 1 aliphatic heterocycles. The number of likely N-dealkylation sites (tertiary alicyclic amines) is 1. The molecule has 1 saturated carbocycles. The van der Waals surface area contributed by atoms with Crippen LogP contribution in [0.2, 0.25) is 0 Å². The van der Waals surface area contributed by atoms with Crippen LogP contribution >= 0.6 is 0 Å². The molecule has 1 heterocycles. The van der Waals surface area contributed by atoms with Crippen molar-refractivity contribution in [3.63, 3.8) is 0 Å². The number of nitrogens with two attached hydrogens (primary N) is 1. The summed E-state index contributed by atoms with van der Waals surface area (Å²) in [5.74, 6) is 0. The van der Waals surface area contributed by atoms with Crippen molar-refractivity contribution >= 4 is 0 Å². The van der Waals surface area contributed by atoms with E-state index in [0.717, 1.165) is 38.9 Å². The molecule has 3 rings (SSSR count). The molecule has 1 unspecified atom stereocenters. The van der Waals surface area contributed by atoms with Gasteiger partial charge in [-0.1, -0.05) is 43.2 Å². The Hall–Kier alpha value is -0.900. The number of aliphatic hydroxyl groups is 1. The van der Waals surface area contributed by atoms with Crippen molar-refractivity contribution in [2.24, 2.45) is 11.1 Å². The van der Waals surface area contributed by atoms with Gasteiger partial charge in [-0.05, 0) is 24.8 Å². The Morgan fingerprint density at radius 1 is 1.10 bits per heavy atom. The van der Waals surface area contributed by atoms with Crippen LogP contribution < -0.4 is 5.73 Å². The first kappa shape index (κ1) is 14.1. The van der Waals surface area contributed by atoms with Gasteiger partial charge >= 0.3 is 0 Å². The quantitative estimate of drug-likeness (QED) is 0.884. The van der Waals surface area contributed by atoms with Gasteiger partial charge in [-0.15, -0.1) is 0 Å². The maximum Gasteiger partial charge on any atom is 0.0854 e. The van der Waals surface area contributed by atoms with Crippen molar-refractivity contribution in [1.82, 2.24) is 4.90 Å². The first-order chi connectivity index (χ1) is 9.67. The average Bonchev–Trinajstić information content (AvgIpc) is 3.09. The zero-order valence-electron chi connectivity index (χ0n) is 12.2. The second-order valence-corrected chi connectivity index (χ2v) is 6.67. The third kappa shape index (κ3) is 2.39. The van der Waals surface area contributed by atoms with E-state index in [2.05, 4.69) is 29.2 Å². The van der Waals surface area contributed by atoms with E-state index in [9.17, 15) is 5.11 Å². The molecule has 0 spiro atoms. The van der Waals surface area contributed by atoms with E-state index < -0.39 is 5.60 Å².